The maximum atomic E-state index is 13.8. The van der Waals surface area contributed by atoms with E-state index in [0.29, 0.717) is 30.2 Å². The second kappa shape index (κ2) is 13.2. The van der Waals surface area contributed by atoms with E-state index < -0.39 is 41.4 Å². The lowest BCUT2D eigenvalue weighted by molar-refractivity contribution is -0.133. The van der Waals surface area contributed by atoms with Crippen LogP contribution >= 0.6 is 0 Å². The molecule has 1 aliphatic carbocycles. The average Bonchev–Trinajstić information content (AvgIpc) is 3.40. The van der Waals surface area contributed by atoms with E-state index in [1.165, 1.54) is 0 Å². The Morgan fingerprint density at radius 2 is 1.66 bits per heavy atom. The number of benzene rings is 2. The third kappa shape index (κ3) is 7.10. The SMILES string of the molecule is COc1ccc(CC(NC(=O)C(C)NC(=O)c2nc3ccccc3n2C)C(=O)NC(CC2CCCC2)C(=O)C2(C)CO2)cc1. The van der Waals surface area contributed by atoms with E-state index in [2.05, 4.69) is 20.9 Å². The number of epoxide rings is 1. The lowest BCUT2D eigenvalue weighted by Gasteiger charge is -2.26. The van der Waals surface area contributed by atoms with E-state index in [0.717, 1.165) is 36.8 Å². The number of fused-ring (bicyclic) bond motifs is 1. The molecular weight excluding hydrogens is 562 g/mol. The Bertz CT molecular complexity index is 1520. The average molecular weight is 604 g/mol. The highest BCUT2D eigenvalue weighted by Crippen LogP contribution is 2.33. The van der Waals surface area contributed by atoms with E-state index in [4.69, 9.17) is 9.47 Å². The van der Waals surface area contributed by atoms with Crippen molar-refractivity contribution in [3.63, 3.8) is 0 Å². The molecule has 3 amide bonds. The van der Waals surface area contributed by atoms with Crippen molar-refractivity contribution in [1.29, 1.82) is 0 Å². The normalized spacial score (nSPS) is 20.0. The molecule has 1 aliphatic heterocycles. The number of para-hydroxylation sites is 2. The smallest absolute Gasteiger partial charge is 0.287 e. The van der Waals surface area contributed by atoms with Gasteiger partial charge in [0.05, 0.1) is 30.8 Å². The molecule has 1 aromatic heterocycles. The van der Waals surface area contributed by atoms with Crippen LogP contribution in [0.5, 0.6) is 5.75 Å². The topological polar surface area (TPSA) is 144 Å². The van der Waals surface area contributed by atoms with Crippen LogP contribution in [-0.2, 0) is 32.6 Å². The van der Waals surface area contributed by atoms with Gasteiger partial charge in [-0.3, -0.25) is 19.2 Å². The molecular formula is C33H41N5O6. The van der Waals surface area contributed by atoms with Crippen LogP contribution in [0, 0.1) is 5.92 Å². The number of Topliss-reactive ketones (excluding diaryl/α,β-unsaturated/α-hetero) is 1. The van der Waals surface area contributed by atoms with Crippen molar-refractivity contribution in [3.8, 4) is 5.75 Å². The number of ketones is 1. The fraction of sp³-hybridized carbons (Fsp3) is 0.485. The number of ether oxygens (including phenoxy) is 2. The summed E-state index contributed by atoms with van der Waals surface area (Å²) in [6.07, 6.45) is 4.98. The maximum absolute atomic E-state index is 13.8. The fourth-order valence-electron chi connectivity index (χ4n) is 5.88. The Balaban J connectivity index is 1.31. The van der Waals surface area contributed by atoms with Crippen molar-refractivity contribution in [1.82, 2.24) is 25.5 Å². The number of methoxy groups -OCH3 is 1. The summed E-state index contributed by atoms with van der Waals surface area (Å²) in [7, 11) is 3.31. The van der Waals surface area contributed by atoms with Crippen molar-refractivity contribution in [2.45, 2.75) is 76.1 Å². The zero-order valence-corrected chi connectivity index (χ0v) is 25.7. The second-order valence-corrected chi connectivity index (χ2v) is 12.1. The van der Waals surface area contributed by atoms with Crippen molar-refractivity contribution >= 4 is 34.5 Å². The number of aryl methyl sites for hydroxylation is 1. The summed E-state index contributed by atoms with van der Waals surface area (Å²) in [5.41, 5.74) is 1.36. The van der Waals surface area contributed by atoms with Crippen LogP contribution in [0.15, 0.2) is 48.5 Å². The molecule has 2 aromatic carbocycles. The number of hydrogen-bond donors (Lipinski definition) is 3. The van der Waals surface area contributed by atoms with Gasteiger partial charge in [-0.25, -0.2) is 4.98 Å². The Morgan fingerprint density at radius 3 is 2.30 bits per heavy atom. The summed E-state index contributed by atoms with van der Waals surface area (Å²) in [6.45, 7) is 3.63. The summed E-state index contributed by atoms with van der Waals surface area (Å²) in [6, 6.07) is 11.9. The summed E-state index contributed by atoms with van der Waals surface area (Å²) < 4.78 is 12.4. The molecule has 2 heterocycles. The first-order chi connectivity index (χ1) is 21.1. The monoisotopic (exact) mass is 603 g/mol. The lowest BCUT2D eigenvalue weighted by Crippen LogP contribution is -2.57. The first kappa shape index (κ1) is 31.2. The van der Waals surface area contributed by atoms with Gasteiger partial charge in [-0.1, -0.05) is 49.9 Å². The zero-order valence-electron chi connectivity index (χ0n) is 25.7. The number of rotatable bonds is 13. The number of carbonyl (C=O) groups is 4. The van der Waals surface area contributed by atoms with Gasteiger partial charge in [-0.2, -0.15) is 0 Å². The largest absolute Gasteiger partial charge is 0.497 e. The highest BCUT2D eigenvalue weighted by atomic mass is 16.6. The van der Waals surface area contributed by atoms with Crippen LogP contribution in [-0.4, -0.2) is 70.5 Å². The van der Waals surface area contributed by atoms with Gasteiger partial charge in [-0.15, -0.1) is 0 Å². The number of aromatic nitrogens is 2. The molecule has 1 saturated heterocycles. The molecule has 11 heteroatoms. The molecule has 44 heavy (non-hydrogen) atoms. The molecule has 5 rings (SSSR count). The Kier molecular flexibility index (Phi) is 9.33. The number of carbonyl (C=O) groups excluding carboxylic acids is 4. The van der Waals surface area contributed by atoms with Crippen LogP contribution in [0.1, 0.15) is 62.1 Å². The second-order valence-electron chi connectivity index (χ2n) is 12.1. The van der Waals surface area contributed by atoms with Crippen LogP contribution in [0.4, 0.5) is 0 Å². The minimum Gasteiger partial charge on any atom is -0.497 e. The van der Waals surface area contributed by atoms with Crippen LogP contribution in [0.25, 0.3) is 11.0 Å². The molecule has 3 N–H and O–H groups in total. The summed E-state index contributed by atoms with van der Waals surface area (Å²) in [5, 5.41) is 8.48. The molecule has 0 spiro atoms. The third-order valence-electron chi connectivity index (χ3n) is 8.74. The van der Waals surface area contributed by atoms with E-state index in [9.17, 15) is 19.2 Å². The molecule has 4 atom stereocenters. The number of hydrogen-bond acceptors (Lipinski definition) is 7. The van der Waals surface area contributed by atoms with Crippen molar-refractivity contribution in [2.75, 3.05) is 13.7 Å². The molecule has 0 radical (unpaired) electrons. The van der Waals surface area contributed by atoms with Gasteiger partial charge < -0.3 is 30.0 Å². The summed E-state index contributed by atoms with van der Waals surface area (Å²) in [5.74, 6) is -0.484. The molecule has 11 nitrogen and oxygen atoms in total. The quantitative estimate of drug-likeness (QED) is 0.255. The minimum absolute atomic E-state index is 0.143. The Morgan fingerprint density at radius 1 is 1.00 bits per heavy atom. The first-order valence-electron chi connectivity index (χ1n) is 15.2. The van der Waals surface area contributed by atoms with Crippen molar-refractivity contribution in [3.05, 3.63) is 59.9 Å². The van der Waals surface area contributed by atoms with Gasteiger partial charge in [0.1, 0.15) is 23.4 Å². The van der Waals surface area contributed by atoms with Gasteiger partial charge in [0, 0.05) is 13.5 Å². The molecule has 2 fully saturated rings. The number of nitrogens with zero attached hydrogens (tertiary/aromatic N) is 2. The molecule has 234 valence electrons. The van der Waals surface area contributed by atoms with Gasteiger partial charge >= 0.3 is 0 Å². The van der Waals surface area contributed by atoms with Crippen molar-refractivity contribution in [2.24, 2.45) is 13.0 Å². The summed E-state index contributed by atoms with van der Waals surface area (Å²) >= 11 is 0. The predicted octanol–water partition coefficient (Wildman–Crippen LogP) is 2.85. The maximum Gasteiger partial charge on any atom is 0.287 e. The lowest BCUT2D eigenvalue weighted by atomic mass is 9.90. The fourth-order valence-corrected chi connectivity index (χ4v) is 5.88. The first-order valence-corrected chi connectivity index (χ1v) is 15.2. The van der Waals surface area contributed by atoms with E-state index in [1.807, 2.05) is 36.4 Å². The highest BCUT2D eigenvalue weighted by Gasteiger charge is 2.50. The Hall–Kier alpha value is -4.25. The van der Waals surface area contributed by atoms with E-state index in [-0.39, 0.29) is 18.0 Å². The molecule has 0 bridgehead atoms. The van der Waals surface area contributed by atoms with E-state index >= 15 is 0 Å². The highest BCUT2D eigenvalue weighted by molar-refractivity contribution is 6.00. The minimum atomic E-state index is -1.00. The summed E-state index contributed by atoms with van der Waals surface area (Å²) in [4.78, 5) is 58.1. The Labute approximate surface area is 257 Å². The van der Waals surface area contributed by atoms with Gasteiger partial charge in [0.2, 0.25) is 11.8 Å². The molecule has 3 aromatic rings. The third-order valence-corrected chi connectivity index (χ3v) is 8.74. The zero-order chi connectivity index (χ0) is 31.4. The molecule has 2 aliphatic rings. The predicted molar refractivity (Wildman–Crippen MR) is 164 cm³/mol. The van der Waals surface area contributed by atoms with Gasteiger partial charge in [0.25, 0.3) is 5.91 Å². The number of nitrogens with one attached hydrogen (secondary N) is 3. The van der Waals surface area contributed by atoms with Crippen molar-refractivity contribution < 1.29 is 28.7 Å². The van der Waals surface area contributed by atoms with Crippen LogP contribution in [0.2, 0.25) is 0 Å². The molecule has 1 saturated carbocycles. The van der Waals surface area contributed by atoms with Crippen LogP contribution in [0.3, 0.4) is 0 Å². The van der Waals surface area contributed by atoms with Gasteiger partial charge in [-0.05, 0) is 56.0 Å². The van der Waals surface area contributed by atoms with Crippen LogP contribution < -0.4 is 20.7 Å². The van der Waals surface area contributed by atoms with E-state index in [1.54, 1.807) is 44.7 Å². The number of amides is 3. The number of imidazole rings is 1. The van der Waals surface area contributed by atoms with Gasteiger partial charge in [0.15, 0.2) is 11.6 Å². The molecule has 4 unspecified atom stereocenters. The standard InChI is InChI=1S/C33H41N5O6/c1-20(34-32(42)29-35-24-11-7-8-12-27(24)38(29)3)30(40)37-26(18-22-13-15-23(43-4)16-14-22)31(41)36-25(17-21-9-5-6-10-21)28(39)33(2)19-44-33/h7-8,11-16,20-21,25-26H,5-6,9-10,17-19H2,1-4H3,(H,34,42)(H,36,41)(H,37,40).